The molecule has 1 atom stereocenters. The Hall–Kier alpha value is -2.67. The summed E-state index contributed by atoms with van der Waals surface area (Å²) in [6.07, 6.45) is 2.64. The van der Waals surface area contributed by atoms with Gasteiger partial charge in [0.1, 0.15) is 6.04 Å². The highest BCUT2D eigenvalue weighted by molar-refractivity contribution is 9.10. The van der Waals surface area contributed by atoms with Gasteiger partial charge in [0.2, 0.25) is 11.8 Å². The van der Waals surface area contributed by atoms with Gasteiger partial charge >= 0.3 is 0 Å². The van der Waals surface area contributed by atoms with Crippen LogP contribution in [0.4, 0.5) is 5.69 Å². The van der Waals surface area contributed by atoms with E-state index in [9.17, 15) is 14.4 Å². The summed E-state index contributed by atoms with van der Waals surface area (Å²) < 4.78 is 0.989. The Balaban J connectivity index is 1.31. The van der Waals surface area contributed by atoms with E-state index in [0.717, 1.165) is 40.5 Å². The van der Waals surface area contributed by atoms with E-state index < -0.39 is 6.04 Å². The molecule has 148 valence electrons. The third-order valence-corrected chi connectivity index (χ3v) is 6.33. The molecular formula is C22H20BrN3O3. The standard InChI is InChI=1S/C22H20BrN3O3/c23-14-5-8-18-13(11-14)9-10-25(18)19(27)12-24-21(28)20-16-3-1-2-4-17(16)22(29)26(20)15-6-7-15/h1-5,8,11,15,20H,6-7,9-10,12H2,(H,24,28). The van der Waals surface area contributed by atoms with Crippen LogP contribution in [0.1, 0.15) is 40.4 Å². The van der Waals surface area contributed by atoms with Gasteiger partial charge < -0.3 is 15.1 Å². The molecule has 2 aliphatic heterocycles. The predicted molar refractivity (Wildman–Crippen MR) is 112 cm³/mol. The number of benzene rings is 2. The first kappa shape index (κ1) is 18.4. The molecule has 5 rings (SSSR count). The number of halogens is 1. The molecule has 2 aromatic rings. The molecule has 1 unspecified atom stereocenters. The quantitative estimate of drug-likeness (QED) is 0.773. The second-order valence-electron chi connectivity index (χ2n) is 7.72. The van der Waals surface area contributed by atoms with Gasteiger partial charge in [0, 0.05) is 28.3 Å². The molecular weight excluding hydrogens is 434 g/mol. The Labute approximate surface area is 177 Å². The fourth-order valence-corrected chi connectivity index (χ4v) is 4.73. The summed E-state index contributed by atoms with van der Waals surface area (Å²) in [6, 6.07) is 12.6. The maximum absolute atomic E-state index is 13.0. The number of fused-ring (bicyclic) bond motifs is 2. The zero-order chi connectivity index (χ0) is 20.1. The lowest BCUT2D eigenvalue weighted by atomic mass is 10.0. The van der Waals surface area contributed by atoms with Gasteiger partial charge in [-0.2, -0.15) is 0 Å². The summed E-state index contributed by atoms with van der Waals surface area (Å²) in [6.45, 7) is 0.527. The van der Waals surface area contributed by atoms with Crippen LogP contribution in [-0.4, -0.2) is 41.8 Å². The molecule has 7 heteroatoms. The Kier molecular flexibility index (Phi) is 4.42. The number of carbonyl (C=O) groups is 3. The number of amides is 3. The van der Waals surface area contributed by atoms with E-state index in [1.807, 2.05) is 36.4 Å². The van der Waals surface area contributed by atoms with Gasteiger partial charge in [-0.05, 0) is 54.7 Å². The molecule has 2 aromatic carbocycles. The van der Waals surface area contributed by atoms with Gasteiger partial charge in [0.25, 0.3) is 5.91 Å². The van der Waals surface area contributed by atoms with E-state index in [1.54, 1.807) is 15.9 Å². The molecule has 29 heavy (non-hydrogen) atoms. The van der Waals surface area contributed by atoms with Crippen molar-refractivity contribution in [1.29, 1.82) is 0 Å². The van der Waals surface area contributed by atoms with Crippen molar-refractivity contribution in [3.05, 3.63) is 63.6 Å². The monoisotopic (exact) mass is 453 g/mol. The highest BCUT2D eigenvalue weighted by Gasteiger charge is 2.47. The van der Waals surface area contributed by atoms with Crippen molar-refractivity contribution in [3.8, 4) is 0 Å². The van der Waals surface area contributed by atoms with E-state index in [1.165, 1.54) is 0 Å². The van der Waals surface area contributed by atoms with Crippen molar-refractivity contribution < 1.29 is 14.4 Å². The van der Waals surface area contributed by atoms with E-state index in [2.05, 4.69) is 21.2 Å². The smallest absolute Gasteiger partial charge is 0.255 e. The van der Waals surface area contributed by atoms with Crippen molar-refractivity contribution in [3.63, 3.8) is 0 Å². The minimum atomic E-state index is -0.652. The summed E-state index contributed by atoms with van der Waals surface area (Å²) in [4.78, 5) is 42.0. The van der Waals surface area contributed by atoms with Crippen LogP contribution in [0.5, 0.6) is 0 Å². The first-order valence-electron chi connectivity index (χ1n) is 9.82. The predicted octanol–water partition coefficient (Wildman–Crippen LogP) is 2.81. The van der Waals surface area contributed by atoms with Gasteiger partial charge in [-0.15, -0.1) is 0 Å². The molecule has 6 nitrogen and oxygen atoms in total. The SMILES string of the molecule is O=C(NCC(=O)N1CCc2cc(Br)ccc21)C1c2ccccc2C(=O)N1C1CC1. The van der Waals surface area contributed by atoms with Crippen molar-refractivity contribution >= 4 is 39.3 Å². The van der Waals surface area contributed by atoms with E-state index in [4.69, 9.17) is 0 Å². The highest BCUT2D eigenvalue weighted by atomic mass is 79.9. The van der Waals surface area contributed by atoms with Gasteiger partial charge in [0.15, 0.2) is 0 Å². The lowest BCUT2D eigenvalue weighted by Crippen LogP contribution is -2.44. The molecule has 0 spiro atoms. The Bertz CT molecular complexity index is 1030. The lowest BCUT2D eigenvalue weighted by molar-refractivity contribution is -0.128. The molecule has 1 fully saturated rings. The summed E-state index contributed by atoms with van der Waals surface area (Å²) in [7, 11) is 0. The van der Waals surface area contributed by atoms with Crippen LogP contribution < -0.4 is 10.2 Å². The van der Waals surface area contributed by atoms with Crippen molar-refractivity contribution in [2.45, 2.75) is 31.3 Å². The van der Waals surface area contributed by atoms with Crippen molar-refractivity contribution in [2.75, 3.05) is 18.0 Å². The molecule has 3 amide bonds. The highest BCUT2D eigenvalue weighted by Crippen LogP contribution is 2.41. The van der Waals surface area contributed by atoms with Crippen LogP contribution in [0.25, 0.3) is 0 Å². The Morgan fingerprint density at radius 3 is 2.72 bits per heavy atom. The second kappa shape index (κ2) is 6.99. The third kappa shape index (κ3) is 3.13. The lowest BCUT2D eigenvalue weighted by Gasteiger charge is -2.25. The molecule has 2 heterocycles. The summed E-state index contributed by atoms with van der Waals surface area (Å²) in [5.74, 6) is -0.526. The number of hydrogen-bond acceptors (Lipinski definition) is 3. The van der Waals surface area contributed by atoms with Crippen LogP contribution in [0.2, 0.25) is 0 Å². The first-order valence-corrected chi connectivity index (χ1v) is 10.6. The summed E-state index contributed by atoms with van der Waals surface area (Å²) in [5.41, 5.74) is 3.33. The maximum Gasteiger partial charge on any atom is 0.255 e. The molecule has 1 N–H and O–H groups in total. The van der Waals surface area contributed by atoms with Gasteiger partial charge in [-0.25, -0.2) is 0 Å². The third-order valence-electron chi connectivity index (χ3n) is 5.84. The molecule has 1 aliphatic carbocycles. The Morgan fingerprint density at radius 1 is 1.14 bits per heavy atom. The average molecular weight is 454 g/mol. The number of carbonyl (C=O) groups excluding carboxylic acids is 3. The van der Waals surface area contributed by atoms with Crippen LogP contribution >= 0.6 is 15.9 Å². The topological polar surface area (TPSA) is 69.7 Å². The largest absolute Gasteiger partial charge is 0.345 e. The van der Waals surface area contributed by atoms with Crippen LogP contribution in [0, 0.1) is 0 Å². The molecule has 0 radical (unpaired) electrons. The number of hydrogen-bond donors (Lipinski definition) is 1. The van der Waals surface area contributed by atoms with E-state index in [-0.39, 0.29) is 30.3 Å². The van der Waals surface area contributed by atoms with Crippen LogP contribution in [-0.2, 0) is 16.0 Å². The zero-order valence-corrected chi connectivity index (χ0v) is 17.3. The molecule has 0 aromatic heterocycles. The minimum absolute atomic E-state index is 0.0836. The van der Waals surface area contributed by atoms with Crippen LogP contribution in [0.15, 0.2) is 46.9 Å². The number of anilines is 1. The first-order chi connectivity index (χ1) is 14.0. The number of nitrogens with one attached hydrogen (secondary N) is 1. The van der Waals surface area contributed by atoms with Crippen molar-refractivity contribution in [1.82, 2.24) is 10.2 Å². The second-order valence-corrected chi connectivity index (χ2v) is 8.64. The summed E-state index contributed by atoms with van der Waals surface area (Å²) >= 11 is 3.46. The van der Waals surface area contributed by atoms with E-state index in [0.29, 0.717) is 12.1 Å². The zero-order valence-electron chi connectivity index (χ0n) is 15.7. The van der Waals surface area contributed by atoms with Crippen LogP contribution in [0.3, 0.4) is 0 Å². The van der Waals surface area contributed by atoms with Gasteiger partial charge in [-0.3, -0.25) is 14.4 Å². The molecule has 0 bridgehead atoms. The van der Waals surface area contributed by atoms with Gasteiger partial charge in [0.05, 0.1) is 6.54 Å². The number of rotatable bonds is 4. The van der Waals surface area contributed by atoms with E-state index >= 15 is 0 Å². The minimum Gasteiger partial charge on any atom is -0.345 e. The molecule has 3 aliphatic rings. The van der Waals surface area contributed by atoms with Gasteiger partial charge in [-0.1, -0.05) is 34.1 Å². The molecule has 1 saturated carbocycles. The fraction of sp³-hybridized carbons (Fsp3) is 0.318. The number of nitrogens with zero attached hydrogens (tertiary/aromatic N) is 2. The Morgan fingerprint density at radius 2 is 1.93 bits per heavy atom. The maximum atomic E-state index is 13.0. The normalized spacial score (nSPS) is 19.9. The molecule has 0 saturated heterocycles. The fourth-order valence-electron chi connectivity index (χ4n) is 4.32. The summed E-state index contributed by atoms with van der Waals surface area (Å²) in [5, 5.41) is 2.78. The van der Waals surface area contributed by atoms with Crippen molar-refractivity contribution in [2.24, 2.45) is 0 Å². The average Bonchev–Trinajstić information content (AvgIpc) is 3.40.